The summed E-state index contributed by atoms with van der Waals surface area (Å²) in [5.74, 6) is 1.08. The number of nitrogens with one attached hydrogen (secondary N) is 1. The van der Waals surface area contributed by atoms with Gasteiger partial charge >= 0.3 is 0 Å². The number of hydrogen-bond donors (Lipinski definition) is 2. The van der Waals surface area contributed by atoms with Gasteiger partial charge in [-0.1, -0.05) is 25.4 Å². The Labute approximate surface area is 130 Å². The summed E-state index contributed by atoms with van der Waals surface area (Å²) in [6.07, 6.45) is 0.700. The zero-order valence-electron chi connectivity index (χ0n) is 12.7. The molecule has 0 aliphatic carbocycles. The highest BCUT2D eigenvalue weighted by atomic mass is 35.5. The van der Waals surface area contributed by atoms with Crippen molar-refractivity contribution in [3.8, 4) is 11.5 Å². The van der Waals surface area contributed by atoms with Crippen LogP contribution in [-0.4, -0.2) is 32.7 Å². The van der Waals surface area contributed by atoms with Crippen molar-refractivity contribution >= 4 is 17.5 Å². The van der Waals surface area contributed by atoms with Gasteiger partial charge in [0.1, 0.15) is 0 Å². The normalized spacial score (nSPS) is 10.6. The summed E-state index contributed by atoms with van der Waals surface area (Å²) in [5, 5.41) is 3.19. The molecular weight excluding hydrogens is 292 g/mol. The van der Waals surface area contributed by atoms with Gasteiger partial charge in [-0.15, -0.1) is 0 Å². The molecule has 0 unspecified atom stereocenters. The van der Waals surface area contributed by atoms with E-state index in [0.29, 0.717) is 41.9 Å². The number of carbonyl (C=O) groups is 1. The molecule has 0 radical (unpaired) electrons. The van der Waals surface area contributed by atoms with Crippen molar-refractivity contribution in [1.29, 1.82) is 0 Å². The summed E-state index contributed by atoms with van der Waals surface area (Å²) >= 11 is 6.18. The van der Waals surface area contributed by atoms with Gasteiger partial charge in [-0.25, -0.2) is 0 Å². The van der Waals surface area contributed by atoms with Gasteiger partial charge in [-0.2, -0.15) is 0 Å². The molecule has 1 amide bonds. The number of methoxy groups -OCH3 is 1. The molecular formula is C15H23ClN2O3. The summed E-state index contributed by atoms with van der Waals surface area (Å²) in [5.41, 5.74) is 6.50. The molecule has 118 valence electrons. The predicted molar refractivity (Wildman–Crippen MR) is 84.1 cm³/mol. The largest absolute Gasteiger partial charge is 0.493 e. The maximum Gasteiger partial charge on any atom is 0.257 e. The standard InChI is InChI=1S/C15H23ClN2O3/c1-10(2)8-18-14(19)9-21-15-12(16)6-11(4-5-17)7-13(15)20-3/h6-7,10H,4-5,8-9,17H2,1-3H3,(H,18,19). The fraction of sp³-hybridized carbons (Fsp3) is 0.533. The third kappa shape index (κ3) is 5.81. The topological polar surface area (TPSA) is 73.6 Å². The van der Waals surface area contributed by atoms with Crippen molar-refractivity contribution in [3.05, 3.63) is 22.7 Å². The molecule has 0 bridgehead atoms. The molecule has 0 atom stereocenters. The molecule has 6 heteroatoms. The molecule has 21 heavy (non-hydrogen) atoms. The van der Waals surface area contributed by atoms with Crippen molar-refractivity contribution in [2.24, 2.45) is 11.7 Å². The lowest BCUT2D eigenvalue weighted by Crippen LogP contribution is -2.31. The molecule has 0 saturated heterocycles. The summed E-state index contributed by atoms with van der Waals surface area (Å²) in [7, 11) is 1.53. The van der Waals surface area contributed by atoms with Crippen LogP contribution in [-0.2, 0) is 11.2 Å². The fourth-order valence-corrected chi connectivity index (χ4v) is 2.02. The average molecular weight is 315 g/mol. The second-order valence-corrected chi connectivity index (χ2v) is 5.54. The summed E-state index contributed by atoms with van der Waals surface area (Å²) in [6, 6.07) is 3.60. The van der Waals surface area contributed by atoms with E-state index in [1.165, 1.54) is 7.11 Å². The maximum absolute atomic E-state index is 11.7. The Kier molecular flexibility index (Phi) is 7.32. The number of carbonyl (C=O) groups excluding carboxylic acids is 1. The van der Waals surface area contributed by atoms with E-state index in [-0.39, 0.29) is 12.5 Å². The fourth-order valence-electron chi connectivity index (χ4n) is 1.73. The molecule has 0 spiro atoms. The number of hydrogen-bond acceptors (Lipinski definition) is 4. The minimum atomic E-state index is -0.187. The van der Waals surface area contributed by atoms with Gasteiger partial charge in [0.25, 0.3) is 5.91 Å². The van der Waals surface area contributed by atoms with Crippen LogP contribution >= 0.6 is 11.6 Å². The minimum absolute atomic E-state index is 0.0982. The lowest BCUT2D eigenvalue weighted by Gasteiger charge is -2.14. The van der Waals surface area contributed by atoms with E-state index in [1.54, 1.807) is 6.07 Å². The first-order valence-electron chi connectivity index (χ1n) is 6.93. The highest BCUT2D eigenvalue weighted by Crippen LogP contribution is 2.36. The molecule has 0 aromatic heterocycles. The van der Waals surface area contributed by atoms with Crippen LogP contribution in [0.5, 0.6) is 11.5 Å². The first kappa shape index (κ1) is 17.6. The van der Waals surface area contributed by atoms with Crippen LogP contribution in [0.4, 0.5) is 0 Å². The van der Waals surface area contributed by atoms with E-state index in [0.717, 1.165) is 5.56 Å². The molecule has 0 saturated carbocycles. The number of halogens is 1. The van der Waals surface area contributed by atoms with Crippen molar-refractivity contribution in [3.63, 3.8) is 0 Å². The van der Waals surface area contributed by atoms with Gasteiger partial charge in [-0.05, 0) is 36.6 Å². The van der Waals surface area contributed by atoms with Crippen molar-refractivity contribution in [2.75, 3.05) is 26.8 Å². The second-order valence-electron chi connectivity index (χ2n) is 5.13. The van der Waals surface area contributed by atoms with Gasteiger partial charge in [0.05, 0.1) is 12.1 Å². The van der Waals surface area contributed by atoms with Crippen LogP contribution in [0.2, 0.25) is 5.02 Å². The van der Waals surface area contributed by atoms with Crippen LogP contribution in [0.15, 0.2) is 12.1 Å². The number of nitrogens with two attached hydrogens (primary N) is 1. The SMILES string of the molecule is COc1cc(CCN)cc(Cl)c1OCC(=O)NCC(C)C. The predicted octanol–water partition coefficient (Wildman–Crippen LogP) is 2.00. The third-order valence-corrected chi connectivity index (χ3v) is 3.06. The molecule has 0 aliphatic rings. The molecule has 0 heterocycles. The lowest BCUT2D eigenvalue weighted by molar-refractivity contribution is -0.123. The van der Waals surface area contributed by atoms with Crippen LogP contribution < -0.4 is 20.5 Å². The number of amides is 1. The third-order valence-electron chi connectivity index (χ3n) is 2.78. The molecule has 0 aliphatic heterocycles. The summed E-state index contributed by atoms with van der Waals surface area (Å²) in [4.78, 5) is 11.7. The van der Waals surface area contributed by atoms with E-state index in [9.17, 15) is 4.79 Å². The quantitative estimate of drug-likeness (QED) is 0.769. The molecule has 3 N–H and O–H groups in total. The first-order chi connectivity index (χ1) is 9.97. The van der Waals surface area contributed by atoms with Gasteiger partial charge in [-0.3, -0.25) is 4.79 Å². The highest BCUT2D eigenvalue weighted by molar-refractivity contribution is 6.32. The van der Waals surface area contributed by atoms with Crippen LogP contribution in [0.25, 0.3) is 0 Å². The molecule has 1 aromatic rings. The lowest BCUT2D eigenvalue weighted by atomic mass is 10.1. The minimum Gasteiger partial charge on any atom is -0.493 e. The van der Waals surface area contributed by atoms with E-state index in [4.69, 9.17) is 26.8 Å². The Morgan fingerprint density at radius 3 is 2.71 bits per heavy atom. The molecule has 5 nitrogen and oxygen atoms in total. The zero-order valence-corrected chi connectivity index (χ0v) is 13.5. The van der Waals surface area contributed by atoms with E-state index >= 15 is 0 Å². The van der Waals surface area contributed by atoms with Crippen LogP contribution in [0.3, 0.4) is 0 Å². The average Bonchev–Trinajstić information content (AvgIpc) is 2.43. The van der Waals surface area contributed by atoms with E-state index < -0.39 is 0 Å². The summed E-state index contributed by atoms with van der Waals surface area (Å²) in [6.45, 7) is 5.09. The van der Waals surface area contributed by atoms with Gasteiger partial charge in [0, 0.05) is 6.54 Å². The monoisotopic (exact) mass is 314 g/mol. The summed E-state index contributed by atoms with van der Waals surface area (Å²) < 4.78 is 10.7. The van der Waals surface area contributed by atoms with Crippen molar-refractivity contribution in [1.82, 2.24) is 5.32 Å². The van der Waals surface area contributed by atoms with Crippen molar-refractivity contribution < 1.29 is 14.3 Å². The van der Waals surface area contributed by atoms with Gasteiger partial charge in [0.2, 0.25) is 0 Å². The first-order valence-corrected chi connectivity index (χ1v) is 7.31. The Morgan fingerprint density at radius 2 is 2.14 bits per heavy atom. The number of rotatable bonds is 8. The molecule has 1 aromatic carbocycles. The van der Waals surface area contributed by atoms with Gasteiger partial charge in [0.15, 0.2) is 18.1 Å². The van der Waals surface area contributed by atoms with Crippen LogP contribution in [0.1, 0.15) is 19.4 Å². The molecule has 1 rings (SSSR count). The zero-order chi connectivity index (χ0) is 15.8. The van der Waals surface area contributed by atoms with E-state index in [1.807, 2.05) is 19.9 Å². The smallest absolute Gasteiger partial charge is 0.257 e. The number of benzene rings is 1. The van der Waals surface area contributed by atoms with Crippen molar-refractivity contribution in [2.45, 2.75) is 20.3 Å². The van der Waals surface area contributed by atoms with Gasteiger partial charge < -0.3 is 20.5 Å². The maximum atomic E-state index is 11.7. The Bertz CT molecular complexity index is 478. The van der Waals surface area contributed by atoms with E-state index in [2.05, 4.69) is 5.32 Å². The molecule has 0 fully saturated rings. The second kappa shape index (κ2) is 8.74. The number of ether oxygens (including phenoxy) is 2. The highest BCUT2D eigenvalue weighted by Gasteiger charge is 2.13. The Hall–Kier alpha value is -1.46. The Morgan fingerprint density at radius 1 is 1.43 bits per heavy atom. The van der Waals surface area contributed by atoms with Crippen LogP contribution in [0, 0.1) is 5.92 Å². The Balaban J connectivity index is 2.71.